The van der Waals surface area contributed by atoms with Crippen LogP contribution in [0.5, 0.6) is 0 Å². The molecule has 0 aliphatic heterocycles. The van der Waals surface area contributed by atoms with Gasteiger partial charge in [0.25, 0.3) is 0 Å². The standard InChI is InChI=1S/C61H40N2/c1-4-18-41(19-5-1)43-32-35-47(42-20-6-2-7-21-42)59(38-43)62(46-34-37-53-52-27-13-17-31-58(52)63(60(53)40-46)44-22-8-3-9-23-44)45-33-36-51-50-26-12-16-30-56(50)61(57(51)39-45)54-28-14-10-24-48(54)49-25-11-15-29-55(49)61/h1-40H. The van der Waals surface area contributed by atoms with Crippen molar-refractivity contribution in [2.75, 3.05) is 4.90 Å². The van der Waals surface area contributed by atoms with Crippen LogP contribution in [0, 0.1) is 0 Å². The number of rotatable bonds is 6. The third-order valence-electron chi connectivity index (χ3n) is 13.6. The molecule has 294 valence electrons. The predicted molar refractivity (Wildman–Crippen MR) is 263 cm³/mol. The van der Waals surface area contributed by atoms with E-state index in [0.717, 1.165) is 33.8 Å². The quantitative estimate of drug-likeness (QED) is 0.163. The van der Waals surface area contributed by atoms with Gasteiger partial charge in [-0.2, -0.15) is 0 Å². The summed E-state index contributed by atoms with van der Waals surface area (Å²) in [6, 6.07) is 89.7. The molecule has 2 aliphatic carbocycles. The van der Waals surface area contributed by atoms with Gasteiger partial charge in [-0.05, 0) is 110 Å². The van der Waals surface area contributed by atoms with E-state index in [9.17, 15) is 0 Å². The summed E-state index contributed by atoms with van der Waals surface area (Å²) in [4.78, 5) is 2.52. The second-order valence-electron chi connectivity index (χ2n) is 16.8. The van der Waals surface area contributed by atoms with Gasteiger partial charge in [-0.25, -0.2) is 0 Å². The molecule has 0 saturated carbocycles. The Hall–Kier alpha value is -8.20. The first-order valence-corrected chi connectivity index (χ1v) is 21.8. The van der Waals surface area contributed by atoms with E-state index < -0.39 is 5.41 Å². The molecule has 0 bridgehead atoms. The van der Waals surface area contributed by atoms with Crippen molar-refractivity contribution >= 4 is 38.9 Å². The van der Waals surface area contributed by atoms with Crippen LogP contribution in [-0.2, 0) is 5.41 Å². The predicted octanol–water partition coefficient (Wildman–Crippen LogP) is 15.9. The molecule has 2 nitrogen and oxygen atoms in total. The second-order valence-corrected chi connectivity index (χ2v) is 16.8. The second kappa shape index (κ2) is 13.9. The van der Waals surface area contributed by atoms with Crippen molar-refractivity contribution in [1.29, 1.82) is 0 Å². The lowest BCUT2D eigenvalue weighted by atomic mass is 9.70. The van der Waals surface area contributed by atoms with Gasteiger partial charge in [0.05, 0.1) is 22.1 Å². The molecular weight excluding hydrogens is 761 g/mol. The summed E-state index contributed by atoms with van der Waals surface area (Å²) < 4.78 is 2.42. The monoisotopic (exact) mass is 800 g/mol. The lowest BCUT2D eigenvalue weighted by Gasteiger charge is -2.33. The van der Waals surface area contributed by atoms with Crippen molar-refractivity contribution in [3.05, 3.63) is 265 Å². The van der Waals surface area contributed by atoms with Gasteiger partial charge in [-0.1, -0.05) is 194 Å². The molecule has 10 aromatic carbocycles. The van der Waals surface area contributed by atoms with Crippen LogP contribution >= 0.6 is 0 Å². The van der Waals surface area contributed by atoms with Crippen molar-refractivity contribution in [1.82, 2.24) is 4.57 Å². The summed E-state index contributed by atoms with van der Waals surface area (Å²) in [7, 11) is 0. The molecule has 13 rings (SSSR count). The lowest BCUT2D eigenvalue weighted by Crippen LogP contribution is -2.26. The van der Waals surface area contributed by atoms with E-state index >= 15 is 0 Å². The van der Waals surface area contributed by atoms with Crippen molar-refractivity contribution in [3.63, 3.8) is 0 Å². The van der Waals surface area contributed by atoms with E-state index in [0.29, 0.717) is 0 Å². The van der Waals surface area contributed by atoms with Crippen LogP contribution in [-0.4, -0.2) is 4.57 Å². The van der Waals surface area contributed by atoms with Gasteiger partial charge in [-0.15, -0.1) is 0 Å². The molecule has 0 amide bonds. The smallest absolute Gasteiger partial charge is 0.0726 e. The molecule has 0 saturated heterocycles. The molecule has 1 aromatic heterocycles. The molecule has 1 spiro atoms. The highest BCUT2D eigenvalue weighted by Crippen LogP contribution is 2.63. The third kappa shape index (κ3) is 5.19. The van der Waals surface area contributed by atoms with Crippen molar-refractivity contribution in [2.45, 2.75) is 5.41 Å². The molecule has 0 N–H and O–H groups in total. The maximum absolute atomic E-state index is 2.52. The van der Waals surface area contributed by atoms with Gasteiger partial charge >= 0.3 is 0 Å². The summed E-state index contributed by atoms with van der Waals surface area (Å²) in [5.41, 5.74) is 21.5. The fraction of sp³-hybridized carbons (Fsp3) is 0.0164. The van der Waals surface area contributed by atoms with Crippen LogP contribution in [0.25, 0.3) is 72.0 Å². The SMILES string of the molecule is c1ccc(-c2ccc(-c3ccccc3)c(N(c3ccc4c(c3)C3(c5ccccc5-c5ccccc53)c3ccccc3-4)c3ccc4c5ccccc5n(-c5ccccc5)c4c3)c2)cc1. The number of hydrogen-bond acceptors (Lipinski definition) is 1. The topological polar surface area (TPSA) is 8.17 Å². The third-order valence-corrected chi connectivity index (χ3v) is 13.6. The van der Waals surface area contributed by atoms with E-state index in [4.69, 9.17) is 0 Å². The van der Waals surface area contributed by atoms with Gasteiger partial charge in [0.2, 0.25) is 0 Å². The van der Waals surface area contributed by atoms with Crippen LogP contribution < -0.4 is 4.90 Å². The maximum Gasteiger partial charge on any atom is 0.0726 e. The molecule has 63 heavy (non-hydrogen) atoms. The van der Waals surface area contributed by atoms with E-state index in [1.807, 2.05) is 0 Å². The van der Waals surface area contributed by atoms with E-state index in [1.54, 1.807) is 0 Å². The van der Waals surface area contributed by atoms with Crippen LogP contribution in [0.2, 0.25) is 0 Å². The minimum Gasteiger partial charge on any atom is -0.310 e. The van der Waals surface area contributed by atoms with Gasteiger partial charge < -0.3 is 9.47 Å². The molecule has 0 atom stereocenters. The Balaban J connectivity index is 1.13. The first kappa shape index (κ1) is 35.5. The Morgan fingerprint density at radius 3 is 1.46 bits per heavy atom. The maximum atomic E-state index is 2.52. The summed E-state index contributed by atoms with van der Waals surface area (Å²) in [5.74, 6) is 0. The lowest BCUT2D eigenvalue weighted by molar-refractivity contribution is 0.793. The zero-order valence-electron chi connectivity index (χ0n) is 34.5. The van der Waals surface area contributed by atoms with Gasteiger partial charge in [0.15, 0.2) is 0 Å². The zero-order chi connectivity index (χ0) is 41.5. The molecule has 0 unspecified atom stereocenters. The van der Waals surface area contributed by atoms with Crippen LogP contribution in [0.4, 0.5) is 17.1 Å². The number of hydrogen-bond donors (Lipinski definition) is 0. The number of benzene rings is 10. The Morgan fingerprint density at radius 2 is 0.794 bits per heavy atom. The number of nitrogens with zero attached hydrogens (tertiary/aromatic N) is 2. The average Bonchev–Trinajstić information content (AvgIpc) is 3.96. The molecule has 2 heteroatoms. The van der Waals surface area contributed by atoms with E-state index in [-0.39, 0.29) is 0 Å². The fourth-order valence-corrected chi connectivity index (χ4v) is 11.0. The number of para-hydroxylation sites is 2. The highest BCUT2D eigenvalue weighted by Gasteiger charge is 2.51. The van der Waals surface area contributed by atoms with Gasteiger partial charge in [-0.3, -0.25) is 0 Å². The van der Waals surface area contributed by atoms with Gasteiger partial charge in [0.1, 0.15) is 0 Å². The van der Waals surface area contributed by atoms with Gasteiger partial charge in [0, 0.05) is 33.4 Å². The van der Waals surface area contributed by atoms with Crippen molar-refractivity contribution in [2.24, 2.45) is 0 Å². The highest BCUT2D eigenvalue weighted by atomic mass is 15.1. The number of aromatic nitrogens is 1. The number of anilines is 3. The van der Waals surface area contributed by atoms with Crippen molar-refractivity contribution < 1.29 is 0 Å². The summed E-state index contributed by atoms with van der Waals surface area (Å²) in [6.45, 7) is 0. The summed E-state index contributed by atoms with van der Waals surface area (Å²) >= 11 is 0. The Labute approximate surface area is 367 Å². The van der Waals surface area contributed by atoms with E-state index in [2.05, 4.69) is 252 Å². The van der Waals surface area contributed by atoms with Crippen molar-refractivity contribution in [3.8, 4) is 50.2 Å². The molecule has 11 aromatic rings. The highest BCUT2D eigenvalue weighted by molar-refractivity contribution is 6.11. The minimum atomic E-state index is -0.474. The van der Waals surface area contributed by atoms with Crippen LogP contribution in [0.15, 0.2) is 243 Å². The first-order chi connectivity index (χ1) is 31.3. The molecule has 0 fully saturated rings. The van der Waals surface area contributed by atoms with E-state index in [1.165, 1.54) is 77.5 Å². The normalized spacial score (nSPS) is 12.9. The largest absolute Gasteiger partial charge is 0.310 e. The summed E-state index contributed by atoms with van der Waals surface area (Å²) in [5, 5.41) is 2.46. The molecule has 2 aliphatic rings. The van der Waals surface area contributed by atoms with Crippen LogP contribution in [0.1, 0.15) is 22.3 Å². The molecular formula is C61H40N2. The Bertz CT molecular complexity index is 3500. The molecule has 0 radical (unpaired) electrons. The minimum absolute atomic E-state index is 0.474. The molecule has 1 heterocycles. The first-order valence-electron chi connectivity index (χ1n) is 21.8. The van der Waals surface area contributed by atoms with Crippen LogP contribution in [0.3, 0.4) is 0 Å². The Kier molecular flexibility index (Phi) is 7.85. The zero-order valence-corrected chi connectivity index (χ0v) is 34.5. The summed E-state index contributed by atoms with van der Waals surface area (Å²) in [6.07, 6.45) is 0. The average molecular weight is 801 g/mol. The fourth-order valence-electron chi connectivity index (χ4n) is 11.0. The number of fused-ring (bicyclic) bond motifs is 13. The Morgan fingerprint density at radius 1 is 0.302 bits per heavy atom.